The van der Waals surface area contributed by atoms with Crippen molar-refractivity contribution in [1.82, 2.24) is 24.3 Å². The van der Waals surface area contributed by atoms with Crippen LogP contribution in [-0.4, -0.2) is 56.2 Å². The maximum atomic E-state index is 13.2. The zero-order valence-corrected chi connectivity index (χ0v) is 20.3. The molecular formula is C22H29N7O4S. The Labute approximate surface area is 200 Å². The molecule has 2 heterocycles. The average molecular weight is 488 g/mol. The molecule has 0 aliphatic heterocycles. The molecule has 11 nitrogen and oxygen atoms in total. The van der Waals surface area contributed by atoms with E-state index in [-0.39, 0.29) is 36.3 Å². The Balaban J connectivity index is 1.86. The Hall–Kier alpha value is -3.38. The molecule has 0 bridgehead atoms. The summed E-state index contributed by atoms with van der Waals surface area (Å²) in [4.78, 5) is 41.7. The van der Waals surface area contributed by atoms with Gasteiger partial charge in [0.05, 0.1) is 12.4 Å². The number of nitrogens with one attached hydrogen (secondary N) is 1. The maximum absolute atomic E-state index is 13.2. The van der Waals surface area contributed by atoms with Crippen molar-refractivity contribution < 1.29 is 9.53 Å². The van der Waals surface area contributed by atoms with E-state index in [1.807, 2.05) is 44.3 Å². The van der Waals surface area contributed by atoms with Crippen LogP contribution in [0.2, 0.25) is 0 Å². The lowest BCUT2D eigenvalue weighted by atomic mass is 10.2. The van der Waals surface area contributed by atoms with E-state index in [0.29, 0.717) is 23.9 Å². The summed E-state index contributed by atoms with van der Waals surface area (Å²) in [7, 11) is 3.32. The molecule has 0 saturated heterocycles. The van der Waals surface area contributed by atoms with Crippen molar-refractivity contribution in [3.8, 4) is 11.4 Å². The molecule has 3 aromatic rings. The van der Waals surface area contributed by atoms with Crippen LogP contribution in [0.5, 0.6) is 0 Å². The topological polar surface area (TPSA) is 141 Å². The second-order valence-corrected chi connectivity index (χ2v) is 8.50. The van der Waals surface area contributed by atoms with Gasteiger partial charge in [-0.25, -0.2) is 4.79 Å². The van der Waals surface area contributed by atoms with Gasteiger partial charge in [0.15, 0.2) is 16.7 Å². The number of rotatable bonds is 11. The average Bonchev–Trinajstić information content (AvgIpc) is 3.20. The van der Waals surface area contributed by atoms with Crippen molar-refractivity contribution in [3.05, 3.63) is 51.2 Å². The number of methoxy groups -OCH3 is 1. The Morgan fingerprint density at radius 3 is 2.65 bits per heavy atom. The number of hydrogen-bond acceptors (Lipinski definition) is 8. The second kappa shape index (κ2) is 11.7. The third kappa shape index (κ3) is 5.57. The molecule has 0 aliphatic rings. The number of nitrogen functional groups attached to an aromatic ring is 1. The number of ether oxygens (including phenoxy) is 1. The number of benzene rings is 1. The minimum absolute atomic E-state index is 0.0164. The highest BCUT2D eigenvalue weighted by atomic mass is 32.2. The van der Waals surface area contributed by atoms with Gasteiger partial charge in [0, 0.05) is 32.8 Å². The van der Waals surface area contributed by atoms with E-state index in [9.17, 15) is 14.4 Å². The van der Waals surface area contributed by atoms with Gasteiger partial charge in [0.25, 0.3) is 5.56 Å². The molecule has 0 aliphatic carbocycles. The van der Waals surface area contributed by atoms with Crippen molar-refractivity contribution in [2.24, 2.45) is 7.05 Å². The first-order valence-electron chi connectivity index (χ1n) is 10.9. The fraction of sp³-hybridized carbons (Fsp3) is 0.409. The lowest BCUT2D eigenvalue weighted by Crippen LogP contribution is -2.43. The van der Waals surface area contributed by atoms with E-state index in [4.69, 9.17) is 10.5 Å². The highest BCUT2D eigenvalue weighted by Gasteiger charge is 2.25. The molecule has 0 fully saturated rings. The predicted molar refractivity (Wildman–Crippen MR) is 132 cm³/mol. The Morgan fingerprint density at radius 2 is 1.97 bits per heavy atom. The van der Waals surface area contributed by atoms with Crippen LogP contribution in [0, 0.1) is 0 Å². The second-order valence-electron chi connectivity index (χ2n) is 7.56. The summed E-state index contributed by atoms with van der Waals surface area (Å²) in [5, 5.41) is 8.97. The number of thioether (sulfide) groups is 1. The standard InChI is InChI=1S/C22H29N7O4S/c1-4-5-11-29-18(23)17(20(31)24-21(29)32)28(12-13-33-3)16(30)14-34-22-26-25-19(27(22)2)15-9-7-6-8-10-15/h6-10H,4-5,11-14,23H2,1-3H3,(H,24,31,32). The van der Waals surface area contributed by atoms with Crippen LogP contribution >= 0.6 is 11.8 Å². The summed E-state index contributed by atoms with van der Waals surface area (Å²) >= 11 is 1.20. The quantitative estimate of drug-likeness (QED) is 0.388. The van der Waals surface area contributed by atoms with E-state index >= 15 is 0 Å². The molecule has 0 spiro atoms. The Morgan fingerprint density at radius 1 is 1.24 bits per heavy atom. The smallest absolute Gasteiger partial charge is 0.330 e. The normalized spacial score (nSPS) is 11.0. The lowest BCUT2D eigenvalue weighted by molar-refractivity contribution is -0.116. The van der Waals surface area contributed by atoms with Crippen LogP contribution in [0.1, 0.15) is 19.8 Å². The SMILES string of the molecule is CCCCn1c(N)c(N(CCOC)C(=O)CSc2nnc(-c3ccccc3)n2C)c(=O)[nH]c1=O. The van der Waals surface area contributed by atoms with Crippen molar-refractivity contribution in [2.75, 3.05) is 36.6 Å². The number of aromatic nitrogens is 5. The van der Waals surface area contributed by atoms with Crippen LogP contribution in [-0.2, 0) is 23.1 Å². The molecule has 12 heteroatoms. The number of nitrogens with two attached hydrogens (primary N) is 1. The van der Waals surface area contributed by atoms with Gasteiger partial charge in [-0.1, -0.05) is 55.4 Å². The van der Waals surface area contributed by atoms with Crippen molar-refractivity contribution in [1.29, 1.82) is 0 Å². The van der Waals surface area contributed by atoms with E-state index < -0.39 is 11.2 Å². The minimum atomic E-state index is -0.713. The third-order valence-electron chi connectivity index (χ3n) is 5.23. The number of carbonyl (C=O) groups is 1. The monoisotopic (exact) mass is 487 g/mol. The largest absolute Gasteiger partial charge is 0.383 e. The molecule has 182 valence electrons. The number of nitrogens with zero attached hydrogens (tertiary/aromatic N) is 5. The van der Waals surface area contributed by atoms with E-state index in [1.165, 1.54) is 28.3 Å². The summed E-state index contributed by atoms with van der Waals surface area (Å²) in [5.74, 6) is 0.249. The van der Waals surface area contributed by atoms with Gasteiger partial charge in [-0.2, -0.15) is 0 Å². The van der Waals surface area contributed by atoms with Gasteiger partial charge < -0.3 is 19.9 Å². The first-order valence-corrected chi connectivity index (χ1v) is 11.9. The fourth-order valence-electron chi connectivity index (χ4n) is 3.40. The molecule has 3 N–H and O–H groups in total. The molecule has 1 amide bonds. The molecule has 34 heavy (non-hydrogen) atoms. The van der Waals surface area contributed by atoms with E-state index in [1.54, 1.807) is 4.57 Å². The number of hydrogen-bond donors (Lipinski definition) is 2. The van der Waals surface area contributed by atoms with Gasteiger partial charge >= 0.3 is 5.69 Å². The third-order valence-corrected chi connectivity index (χ3v) is 6.24. The first kappa shape index (κ1) is 25.2. The molecule has 2 aromatic heterocycles. The molecule has 0 saturated carbocycles. The van der Waals surface area contributed by atoms with Crippen LogP contribution in [0.3, 0.4) is 0 Å². The van der Waals surface area contributed by atoms with E-state index in [0.717, 1.165) is 12.0 Å². The number of unbranched alkanes of at least 4 members (excludes halogenated alkanes) is 1. The van der Waals surface area contributed by atoms with Gasteiger partial charge in [-0.05, 0) is 6.42 Å². The van der Waals surface area contributed by atoms with Crippen molar-refractivity contribution in [3.63, 3.8) is 0 Å². The maximum Gasteiger partial charge on any atom is 0.330 e. The fourth-order valence-corrected chi connectivity index (χ4v) is 4.19. The number of amides is 1. The zero-order chi connectivity index (χ0) is 24.7. The zero-order valence-electron chi connectivity index (χ0n) is 19.5. The first-order chi connectivity index (χ1) is 16.4. The highest BCUT2D eigenvalue weighted by Crippen LogP contribution is 2.24. The van der Waals surface area contributed by atoms with Crippen LogP contribution in [0.4, 0.5) is 11.5 Å². The molecule has 3 rings (SSSR count). The number of aromatic amines is 1. The number of anilines is 2. The highest BCUT2D eigenvalue weighted by molar-refractivity contribution is 7.99. The minimum Gasteiger partial charge on any atom is -0.383 e. The summed E-state index contributed by atoms with van der Waals surface area (Å²) < 4.78 is 8.22. The van der Waals surface area contributed by atoms with Crippen LogP contribution in [0.15, 0.2) is 45.1 Å². The van der Waals surface area contributed by atoms with E-state index in [2.05, 4.69) is 15.2 Å². The molecular weight excluding hydrogens is 458 g/mol. The van der Waals surface area contributed by atoms with Crippen LogP contribution < -0.4 is 21.9 Å². The molecule has 0 radical (unpaired) electrons. The van der Waals surface area contributed by atoms with Gasteiger partial charge in [0.1, 0.15) is 5.82 Å². The van der Waals surface area contributed by atoms with Gasteiger partial charge in [-0.15, -0.1) is 10.2 Å². The number of H-pyrrole nitrogens is 1. The van der Waals surface area contributed by atoms with Crippen molar-refractivity contribution >= 4 is 29.2 Å². The summed E-state index contributed by atoms with van der Waals surface area (Å²) in [6, 6.07) is 9.60. The Kier molecular flexibility index (Phi) is 8.66. The van der Waals surface area contributed by atoms with Gasteiger partial charge in [0.2, 0.25) is 5.91 Å². The van der Waals surface area contributed by atoms with Crippen molar-refractivity contribution in [2.45, 2.75) is 31.5 Å². The summed E-state index contributed by atoms with van der Waals surface area (Å²) in [6.45, 7) is 2.61. The molecule has 1 aromatic carbocycles. The number of carbonyl (C=O) groups excluding carboxylic acids is 1. The lowest BCUT2D eigenvalue weighted by Gasteiger charge is -2.24. The summed E-state index contributed by atoms with van der Waals surface area (Å²) in [5.41, 5.74) is 5.75. The molecule has 0 atom stereocenters. The summed E-state index contributed by atoms with van der Waals surface area (Å²) in [6.07, 6.45) is 1.54. The Bertz CT molecular complexity index is 1240. The molecule has 0 unspecified atom stereocenters. The van der Waals surface area contributed by atoms with Gasteiger partial charge in [-0.3, -0.25) is 19.1 Å². The predicted octanol–water partition coefficient (Wildman–Crippen LogP) is 1.49. The van der Waals surface area contributed by atoms with Crippen LogP contribution in [0.25, 0.3) is 11.4 Å².